The minimum atomic E-state index is -0.979. The lowest BCUT2D eigenvalue weighted by Gasteiger charge is -2.07. The molecule has 0 aliphatic rings. The normalized spacial score (nSPS) is 11.0. The maximum atomic E-state index is 12.5. The van der Waals surface area contributed by atoms with Gasteiger partial charge in [0.15, 0.2) is 22.5 Å². The Morgan fingerprint density at radius 2 is 2.11 bits per heavy atom. The van der Waals surface area contributed by atoms with Gasteiger partial charge in [0, 0.05) is 6.07 Å². The van der Waals surface area contributed by atoms with Gasteiger partial charge in [0.1, 0.15) is 11.1 Å². The molecular formula is C18H20BrN6O3+. The highest BCUT2D eigenvalue weighted by Gasteiger charge is 2.25. The molecule has 0 unspecified atom stereocenters. The van der Waals surface area contributed by atoms with E-state index < -0.39 is 11.9 Å². The molecule has 28 heavy (non-hydrogen) atoms. The Hall–Kier alpha value is -3.01. The monoisotopic (exact) mass is 447 g/mol. The zero-order valence-corrected chi connectivity index (χ0v) is 17.0. The molecule has 0 spiro atoms. The molecule has 10 heteroatoms. The number of nitrogen functional groups attached to an aromatic ring is 1. The van der Waals surface area contributed by atoms with Gasteiger partial charge in [-0.3, -0.25) is 4.79 Å². The van der Waals surface area contributed by atoms with E-state index in [2.05, 4.69) is 31.2 Å². The van der Waals surface area contributed by atoms with Crippen molar-refractivity contribution in [2.75, 3.05) is 5.73 Å². The van der Waals surface area contributed by atoms with Crippen LogP contribution in [0.3, 0.4) is 0 Å². The minimum absolute atomic E-state index is 0.0461. The highest BCUT2D eigenvalue weighted by molar-refractivity contribution is 9.10. The van der Waals surface area contributed by atoms with Crippen LogP contribution in [0.1, 0.15) is 40.5 Å². The van der Waals surface area contributed by atoms with Crippen LogP contribution in [0.5, 0.6) is 0 Å². The molecule has 2 heterocycles. The summed E-state index contributed by atoms with van der Waals surface area (Å²) < 4.78 is 4.45. The average molecular weight is 448 g/mol. The molecule has 146 valence electrons. The van der Waals surface area contributed by atoms with Crippen molar-refractivity contribution >= 4 is 44.7 Å². The van der Waals surface area contributed by atoms with Gasteiger partial charge in [0.05, 0.1) is 24.8 Å². The van der Waals surface area contributed by atoms with E-state index in [1.54, 1.807) is 18.2 Å². The van der Waals surface area contributed by atoms with Gasteiger partial charge in [-0.15, -0.1) is 0 Å². The number of amides is 1. The lowest BCUT2D eigenvalue weighted by Crippen LogP contribution is -2.40. The first-order valence-corrected chi connectivity index (χ1v) is 9.51. The summed E-state index contributed by atoms with van der Waals surface area (Å²) >= 11 is 3.18. The maximum Gasteiger partial charge on any atom is 0.335 e. The van der Waals surface area contributed by atoms with Gasteiger partial charge >= 0.3 is 5.97 Å². The number of halogens is 1. The summed E-state index contributed by atoms with van der Waals surface area (Å²) in [6.45, 7) is 5.48. The second-order valence-electron chi connectivity index (χ2n) is 6.02. The van der Waals surface area contributed by atoms with Crippen LogP contribution in [0.25, 0.3) is 11.0 Å². The number of carboxylic acids is 1. The van der Waals surface area contributed by atoms with Gasteiger partial charge in [0.25, 0.3) is 11.7 Å². The molecule has 0 bridgehead atoms. The van der Waals surface area contributed by atoms with Crippen molar-refractivity contribution in [2.45, 2.75) is 33.5 Å². The second kappa shape index (κ2) is 7.93. The smallest absolute Gasteiger partial charge is 0.335 e. The Morgan fingerprint density at radius 1 is 1.36 bits per heavy atom. The largest absolute Gasteiger partial charge is 0.478 e. The number of imidazole rings is 1. The third kappa shape index (κ3) is 3.55. The van der Waals surface area contributed by atoms with E-state index in [0.29, 0.717) is 17.7 Å². The molecule has 2 aromatic heterocycles. The molecule has 0 saturated heterocycles. The fourth-order valence-corrected chi connectivity index (χ4v) is 3.49. The molecule has 9 nitrogen and oxygen atoms in total. The van der Waals surface area contributed by atoms with Gasteiger partial charge in [0.2, 0.25) is 0 Å². The molecule has 0 atom stereocenters. The van der Waals surface area contributed by atoms with E-state index in [-0.39, 0.29) is 23.6 Å². The van der Waals surface area contributed by atoms with Crippen molar-refractivity contribution in [1.82, 2.24) is 19.9 Å². The number of hydrogen-bond acceptors (Lipinski definition) is 5. The lowest BCUT2D eigenvalue weighted by atomic mass is 10.2. The van der Waals surface area contributed by atoms with Gasteiger partial charge in [-0.2, -0.15) is 0 Å². The van der Waals surface area contributed by atoms with E-state index in [1.165, 1.54) is 6.20 Å². The Morgan fingerprint density at radius 3 is 2.75 bits per heavy atom. The summed E-state index contributed by atoms with van der Waals surface area (Å²) in [7, 11) is 0. The highest BCUT2D eigenvalue weighted by atomic mass is 79.9. The number of fused-ring (bicyclic) bond motifs is 1. The van der Waals surface area contributed by atoms with E-state index in [9.17, 15) is 14.7 Å². The van der Waals surface area contributed by atoms with Crippen molar-refractivity contribution in [2.24, 2.45) is 0 Å². The standard InChI is InChI=1S/C18H19BrN6O3/c1-3-24-11-6-5-10(18(27)28)7-12(11)25(4-2)14(24)9-22-17(26)15-16(20)21-8-13(19)23-15/h5-8H,3-4,9H2,1-2H3,(H3-,20,21,22,26,27,28)/p+1. The third-order valence-corrected chi connectivity index (χ3v) is 4.84. The summed E-state index contributed by atoms with van der Waals surface area (Å²) in [6.07, 6.45) is 1.42. The number of carbonyl (C=O) groups excluding carboxylic acids is 1. The number of benzene rings is 1. The van der Waals surface area contributed by atoms with E-state index in [1.807, 2.05) is 23.0 Å². The van der Waals surface area contributed by atoms with Crippen molar-refractivity contribution in [1.29, 1.82) is 0 Å². The summed E-state index contributed by atoms with van der Waals surface area (Å²) in [4.78, 5) is 31.9. The summed E-state index contributed by atoms with van der Waals surface area (Å²) in [5.74, 6) is -0.524. The number of carbonyl (C=O) groups is 2. The molecular weight excluding hydrogens is 428 g/mol. The van der Waals surface area contributed by atoms with Gasteiger partial charge in [-0.1, -0.05) is 0 Å². The quantitative estimate of drug-likeness (QED) is 0.493. The number of aromatic nitrogens is 4. The number of nitrogens with two attached hydrogens (primary N) is 1. The zero-order valence-electron chi connectivity index (χ0n) is 15.4. The van der Waals surface area contributed by atoms with Crippen LogP contribution in [-0.4, -0.2) is 31.5 Å². The Balaban J connectivity index is 1.99. The third-order valence-electron chi connectivity index (χ3n) is 4.45. The summed E-state index contributed by atoms with van der Waals surface area (Å²) in [6, 6.07) is 5.02. The fraction of sp³-hybridized carbons (Fsp3) is 0.278. The predicted molar refractivity (Wildman–Crippen MR) is 106 cm³/mol. The van der Waals surface area contributed by atoms with Crippen molar-refractivity contribution in [3.05, 3.63) is 46.1 Å². The number of anilines is 1. The van der Waals surface area contributed by atoms with E-state index in [0.717, 1.165) is 16.9 Å². The van der Waals surface area contributed by atoms with Crippen LogP contribution < -0.4 is 15.6 Å². The van der Waals surface area contributed by atoms with Crippen molar-refractivity contribution in [3.63, 3.8) is 0 Å². The Labute approximate surface area is 169 Å². The number of aryl methyl sites for hydroxylation is 2. The molecule has 3 rings (SSSR count). The summed E-state index contributed by atoms with van der Waals surface area (Å²) in [5, 5.41) is 12.1. The van der Waals surface area contributed by atoms with Crippen LogP contribution >= 0.6 is 15.9 Å². The molecule has 1 amide bonds. The number of nitrogens with zero attached hydrogens (tertiary/aromatic N) is 4. The predicted octanol–water partition coefficient (Wildman–Crippen LogP) is 1.73. The van der Waals surface area contributed by atoms with Crippen LogP contribution in [0.4, 0.5) is 5.82 Å². The molecule has 1 aromatic carbocycles. The summed E-state index contributed by atoms with van der Waals surface area (Å²) in [5.41, 5.74) is 7.73. The van der Waals surface area contributed by atoms with E-state index >= 15 is 0 Å². The number of nitrogens with one attached hydrogen (secondary N) is 1. The fourth-order valence-electron chi connectivity index (χ4n) is 3.21. The first-order chi connectivity index (χ1) is 13.4. The highest BCUT2D eigenvalue weighted by Crippen LogP contribution is 2.18. The molecule has 0 radical (unpaired) electrons. The van der Waals surface area contributed by atoms with Crippen LogP contribution in [0.2, 0.25) is 0 Å². The van der Waals surface area contributed by atoms with Crippen LogP contribution in [0, 0.1) is 0 Å². The first kappa shape index (κ1) is 19.7. The Kier molecular flexibility index (Phi) is 5.59. The molecule has 3 aromatic rings. The molecule has 0 fully saturated rings. The second-order valence-corrected chi connectivity index (χ2v) is 6.84. The number of aromatic carboxylic acids is 1. The van der Waals surface area contributed by atoms with Crippen molar-refractivity contribution in [3.8, 4) is 0 Å². The molecule has 0 saturated carbocycles. The van der Waals surface area contributed by atoms with Crippen LogP contribution in [0.15, 0.2) is 29.0 Å². The molecule has 0 aliphatic heterocycles. The zero-order chi connectivity index (χ0) is 20.4. The lowest BCUT2D eigenvalue weighted by molar-refractivity contribution is -0.676. The maximum absolute atomic E-state index is 12.5. The topological polar surface area (TPSA) is 127 Å². The SMILES string of the molecule is CCn1c(CNC(=O)c2nc(Br)cnc2N)[n+](CC)c2ccc(C(=O)O)cc21. The Bertz CT molecular complexity index is 1080. The van der Waals surface area contributed by atoms with Crippen molar-refractivity contribution < 1.29 is 19.3 Å². The van der Waals surface area contributed by atoms with Gasteiger partial charge in [-0.05, 0) is 41.9 Å². The number of carboxylic acid groups (broad SMARTS) is 1. The van der Waals surface area contributed by atoms with Gasteiger partial charge < -0.3 is 16.2 Å². The first-order valence-electron chi connectivity index (χ1n) is 8.71. The molecule has 4 N–H and O–H groups in total. The average Bonchev–Trinajstić information content (AvgIpc) is 2.99. The van der Waals surface area contributed by atoms with Crippen LogP contribution in [-0.2, 0) is 19.6 Å². The van der Waals surface area contributed by atoms with E-state index in [4.69, 9.17) is 5.73 Å². The van der Waals surface area contributed by atoms with Gasteiger partial charge in [-0.25, -0.2) is 23.9 Å². The molecule has 0 aliphatic carbocycles. The minimum Gasteiger partial charge on any atom is -0.478 e. The number of hydrogen-bond donors (Lipinski definition) is 3. The number of rotatable bonds is 6.